The molecule has 1 aromatic carbocycles. The van der Waals surface area contributed by atoms with E-state index in [9.17, 15) is 0 Å². The molecule has 1 nitrogen and oxygen atoms in total. The van der Waals surface area contributed by atoms with Crippen molar-refractivity contribution in [1.82, 2.24) is 0 Å². The molecule has 0 aliphatic carbocycles. The molecule has 0 amide bonds. The normalized spacial score (nSPS) is 14.1. The first-order valence-corrected chi connectivity index (χ1v) is 12.9. The van der Waals surface area contributed by atoms with Gasteiger partial charge >= 0.3 is 0 Å². The van der Waals surface area contributed by atoms with Crippen LogP contribution in [-0.4, -0.2) is 5.54 Å². The molecule has 0 heterocycles. The van der Waals surface area contributed by atoms with Crippen LogP contribution in [0.2, 0.25) is 0 Å². The highest BCUT2D eigenvalue weighted by Gasteiger charge is 2.27. The Morgan fingerprint density at radius 2 is 1.13 bits per heavy atom. The topological polar surface area (TPSA) is 26.0 Å². The van der Waals surface area contributed by atoms with Gasteiger partial charge in [-0.1, -0.05) is 134 Å². The van der Waals surface area contributed by atoms with Gasteiger partial charge in [-0.3, -0.25) is 0 Å². The van der Waals surface area contributed by atoms with Crippen LogP contribution in [0, 0.1) is 5.92 Å². The van der Waals surface area contributed by atoms with E-state index in [2.05, 4.69) is 51.1 Å². The fourth-order valence-corrected chi connectivity index (χ4v) is 4.44. The van der Waals surface area contributed by atoms with Gasteiger partial charge in [-0.25, -0.2) is 0 Å². The maximum absolute atomic E-state index is 6.66. The second-order valence-corrected chi connectivity index (χ2v) is 9.63. The quantitative estimate of drug-likeness (QED) is 0.214. The molecule has 30 heavy (non-hydrogen) atoms. The smallest absolute Gasteiger partial charge is 0.0154 e. The van der Waals surface area contributed by atoms with E-state index in [1.807, 2.05) is 0 Å². The zero-order valence-corrected chi connectivity index (χ0v) is 21.3. The van der Waals surface area contributed by atoms with Crippen LogP contribution in [0.15, 0.2) is 30.3 Å². The van der Waals surface area contributed by atoms with Gasteiger partial charge in [0.2, 0.25) is 0 Å². The van der Waals surface area contributed by atoms with Crippen LogP contribution in [0.25, 0.3) is 0 Å². The minimum Gasteiger partial charge on any atom is -0.325 e. The number of benzene rings is 1. The monoisotopic (exact) mass is 437 g/mol. The molecule has 0 radical (unpaired) electrons. The summed E-state index contributed by atoms with van der Waals surface area (Å²) in [5, 5.41) is 0. The molecule has 0 spiro atoms. The van der Waals surface area contributed by atoms with Crippen molar-refractivity contribution in [3.8, 4) is 0 Å². The first-order chi connectivity index (χ1) is 14.1. The molecule has 176 valence electrons. The van der Waals surface area contributed by atoms with Gasteiger partial charge in [-0.15, -0.1) is 12.4 Å². The summed E-state index contributed by atoms with van der Waals surface area (Å²) >= 11 is 0. The van der Waals surface area contributed by atoms with Crippen LogP contribution in [0.3, 0.4) is 0 Å². The largest absolute Gasteiger partial charge is 0.325 e. The van der Waals surface area contributed by atoms with Gasteiger partial charge in [0, 0.05) is 5.54 Å². The van der Waals surface area contributed by atoms with Crippen molar-refractivity contribution in [2.75, 3.05) is 0 Å². The van der Waals surface area contributed by atoms with Gasteiger partial charge in [-0.2, -0.15) is 0 Å². The van der Waals surface area contributed by atoms with Gasteiger partial charge < -0.3 is 5.73 Å². The molecule has 2 heteroatoms. The lowest BCUT2D eigenvalue weighted by Crippen LogP contribution is -2.44. The Balaban J connectivity index is 0.00000841. The molecule has 0 saturated carbocycles. The third kappa shape index (κ3) is 14.5. The highest BCUT2D eigenvalue weighted by molar-refractivity contribution is 5.85. The standard InChI is InChI=1S/C28H51N.ClH/c1-4-6-7-8-9-10-11-12-13-14-15-16-17-21-24-27(28(3,29)5-2)25-26-22-19-18-20-23-26;/h18-20,22-23,27H,4-17,21,24-25,29H2,1-3H3;1H. The van der Waals surface area contributed by atoms with E-state index >= 15 is 0 Å². The Labute approximate surface area is 195 Å². The SMILES string of the molecule is CCCCCCCCCCCCCCCCC(Cc1ccccc1)C(C)(N)CC.Cl. The number of nitrogens with two attached hydrogens (primary N) is 1. The summed E-state index contributed by atoms with van der Waals surface area (Å²) in [5.41, 5.74) is 8.05. The molecule has 0 bridgehead atoms. The van der Waals surface area contributed by atoms with E-state index in [1.54, 1.807) is 0 Å². The number of hydrogen-bond donors (Lipinski definition) is 1. The van der Waals surface area contributed by atoms with Gasteiger partial charge in [-0.05, 0) is 37.7 Å². The molecule has 0 saturated heterocycles. The molecule has 0 aliphatic heterocycles. The first-order valence-electron chi connectivity index (χ1n) is 12.9. The lowest BCUT2D eigenvalue weighted by Gasteiger charge is -2.34. The van der Waals surface area contributed by atoms with Gasteiger partial charge in [0.15, 0.2) is 0 Å². The van der Waals surface area contributed by atoms with Gasteiger partial charge in [0.05, 0.1) is 0 Å². The van der Waals surface area contributed by atoms with Crippen molar-refractivity contribution in [3.05, 3.63) is 35.9 Å². The van der Waals surface area contributed by atoms with Crippen molar-refractivity contribution >= 4 is 12.4 Å². The molecule has 0 fully saturated rings. The predicted octanol–water partition coefficient (Wildman–Crippen LogP) is 9.27. The van der Waals surface area contributed by atoms with Crippen LogP contribution >= 0.6 is 12.4 Å². The average Bonchev–Trinajstić information content (AvgIpc) is 2.73. The second kappa shape index (κ2) is 19.2. The summed E-state index contributed by atoms with van der Waals surface area (Å²) in [5.74, 6) is 0.590. The summed E-state index contributed by atoms with van der Waals surface area (Å²) in [7, 11) is 0. The fourth-order valence-electron chi connectivity index (χ4n) is 4.44. The van der Waals surface area contributed by atoms with E-state index in [4.69, 9.17) is 5.73 Å². The first kappa shape index (κ1) is 29.5. The van der Waals surface area contributed by atoms with E-state index in [0.29, 0.717) is 5.92 Å². The van der Waals surface area contributed by atoms with Gasteiger partial charge in [0.1, 0.15) is 0 Å². The zero-order valence-electron chi connectivity index (χ0n) is 20.5. The van der Waals surface area contributed by atoms with Crippen LogP contribution in [0.1, 0.15) is 129 Å². The van der Waals surface area contributed by atoms with Crippen LogP contribution < -0.4 is 5.73 Å². The second-order valence-electron chi connectivity index (χ2n) is 9.63. The van der Waals surface area contributed by atoms with Crippen molar-refractivity contribution in [3.63, 3.8) is 0 Å². The van der Waals surface area contributed by atoms with Crippen molar-refractivity contribution < 1.29 is 0 Å². The number of hydrogen-bond acceptors (Lipinski definition) is 1. The van der Waals surface area contributed by atoms with Crippen molar-refractivity contribution in [2.45, 2.75) is 135 Å². The van der Waals surface area contributed by atoms with E-state index in [-0.39, 0.29) is 17.9 Å². The highest BCUT2D eigenvalue weighted by atomic mass is 35.5. The molecular weight excluding hydrogens is 386 g/mol. The maximum atomic E-state index is 6.66. The fraction of sp³-hybridized carbons (Fsp3) is 0.786. The minimum absolute atomic E-state index is 0. The Bertz CT molecular complexity index is 471. The van der Waals surface area contributed by atoms with Crippen LogP contribution in [-0.2, 0) is 6.42 Å². The number of halogens is 1. The highest BCUT2D eigenvalue weighted by Crippen LogP contribution is 2.28. The Morgan fingerprint density at radius 1 is 0.700 bits per heavy atom. The Kier molecular flexibility index (Phi) is 18.8. The molecule has 1 aromatic rings. The molecule has 1 rings (SSSR count). The third-order valence-electron chi connectivity index (χ3n) is 6.93. The van der Waals surface area contributed by atoms with Crippen molar-refractivity contribution in [1.29, 1.82) is 0 Å². The molecule has 2 N–H and O–H groups in total. The zero-order chi connectivity index (χ0) is 21.2. The Hall–Kier alpha value is -0.530. The predicted molar refractivity (Wildman–Crippen MR) is 139 cm³/mol. The van der Waals surface area contributed by atoms with E-state index < -0.39 is 0 Å². The minimum atomic E-state index is -0.0492. The summed E-state index contributed by atoms with van der Waals surface area (Å²) in [6.07, 6.45) is 23.4. The lowest BCUT2D eigenvalue weighted by atomic mass is 9.77. The van der Waals surface area contributed by atoms with Crippen molar-refractivity contribution in [2.24, 2.45) is 11.7 Å². The van der Waals surface area contributed by atoms with Crippen LogP contribution in [0.5, 0.6) is 0 Å². The molecule has 0 aliphatic rings. The number of rotatable bonds is 19. The summed E-state index contributed by atoms with van der Waals surface area (Å²) in [4.78, 5) is 0. The average molecular weight is 438 g/mol. The number of unbranched alkanes of at least 4 members (excludes halogenated alkanes) is 13. The van der Waals surface area contributed by atoms with E-state index in [0.717, 1.165) is 12.8 Å². The maximum Gasteiger partial charge on any atom is 0.0154 e. The molecular formula is C28H52ClN. The summed E-state index contributed by atoms with van der Waals surface area (Å²) in [6, 6.07) is 10.9. The molecule has 2 unspecified atom stereocenters. The Morgan fingerprint density at radius 3 is 1.57 bits per heavy atom. The van der Waals surface area contributed by atoms with E-state index in [1.165, 1.54) is 102 Å². The molecule has 0 aromatic heterocycles. The molecule has 2 atom stereocenters. The summed E-state index contributed by atoms with van der Waals surface area (Å²) < 4.78 is 0. The third-order valence-corrected chi connectivity index (χ3v) is 6.93. The summed E-state index contributed by atoms with van der Waals surface area (Å²) in [6.45, 7) is 6.79. The van der Waals surface area contributed by atoms with Crippen LogP contribution in [0.4, 0.5) is 0 Å². The van der Waals surface area contributed by atoms with Gasteiger partial charge in [0.25, 0.3) is 0 Å². The lowest BCUT2D eigenvalue weighted by molar-refractivity contribution is 0.259.